The summed E-state index contributed by atoms with van der Waals surface area (Å²) in [5, 5.41) is 8.28. The summed E-state index contributed by atoms with van der Waals surface area (Å²) in [6, 6.07) is 15.1. The highest BCUT2D eigenvalue weighted by atomic mass is 32.2. The third kappa shape index (κ3) is 4.85. The Hall–Kier alpha value is -3.00. The van der Waals surface area contributed by atoms with Crippen molar-refractivity contribution in [1.82, 2.24) is 15.1 Å². The van der Waals surface area contributed by atoms with Gasteiger partial charge in [-0.2, -0.15) is 0 Å². The van der Waals surface area contributed by atoms with Gasteiger partial charge in [-0.25, -0.2) is 0 Å². The van der Waals surface area contributed by atoms with Gasteiger partial charge < -0.3 is 18.8 Å². The van der Waals surface area contributed by atoms with Crippen LogP contribution in [0.5, 0.6) is 11.5 Å². The molecule has 7 nitrogen and oxygen atoms in total. The number of ether oxygens (including phenoxy) is 2. The molecule has 1 amide bonds. The van der Waals surface area contributed by atoms with E-state index in [9.17, 15) is 4.79 Å². The molecular formula is C23H25N3O4S. The van der Waals surface area contributed by atoms with Gasteiger partial charge in [-0.1, -0.05) is 30.3 Å². The fraction of sp³-hybridized carbons (Fsp3) is 0.348. The van der Waals surface area contributed by atoms with E-state index in [2.05, 4.69) is 10.2 Å². The quantitative estimate of drug-likeness (QED) is 0.498. The summed E-state index contributed by atoms with van der Waals surface area (Å²) in [5.74, 6) is 1.66. The molecule has 31 heavy (non-hydrogen) atoms. The zero-order valence-electron chi connectivity index (χ0n) is 17.6. The number of thioether (sulfide) groups is 1. The van der Waals surface area contributed by atoms with Crippen LogP contribution in [-0.2, 0) is 4.79 Å². The molecule has 1 aliphatic rings. The standard InChI is InChI=1S/C23H25N3O4S/c1-28-17-11-12-18(19(15-17)29-2)21-24-25-23(30-21)31-20(16-9-5-3-6-10-16)22(27)26-13-7-4-8-14-26/h3,5-6,9-12,15,20H,4,7-8,13-14H2,1-2H3/t20-/m0/s1. The third-order valence-electron chi connectivity index (χ3n) is 5.26. The predicted octanol–water partition coefficient (Wildman–Crippen LogP) is 4.60. The molecule has 4 rings (SSSR count). The van der Waals surface area contributed by atoms with E-state index in [0.717, 1.165) is 31.5 Å². The van der Waals surface area contributed by atoms with Gasteiger partial charge in [-0.3, -0.25) is 4.79 Å². The second kappa shape index (κ2) is 9.87. The van der Waals surface area contributed by atoms with Crippen LogP contribution in [0, 0.1) is 0 Å². The Morgan fingerprint density at radius 3 is 2.52 bits per heavy atom. The van der Waals surface area contributed by atoms with Crippen molar-refractivity contribution < 1.29 is 18.7 Å². The number of nitrogens with zero attached hydrogens (tertiary/aromatic N) is 3. The van der Waals surface area contributed by atoms with E-state index in [-0.39, 0.29) is 5.91 Å². The number of benzene rings is 2. The SMILES string of the molecule is COc1ccc(-c2nnc(S[C@H](C(=O)N3CCCCC3)c3ccccc3)o2)c(OC)c1. The van der Waals surface area contributed by atoms with Crippen LogP contribution in [0.2, 0.25) is 0 Å². The molecule has 2 aromatic carbocycles. The fourth-order valence-corrected chi connectivity index (χ4v) is 4.57. The van der Waals surface area contributed by atoms with Crippen molar-refractivity contribution in [1.29, 1.82) is 0 Å². The minimum Gasteiger partial charge on any atom is -0.497 e. The van der Waals surface area contributed by atoms with E-state index in [1.807, 2.05) is 47.4 Å². The molecule has 1 atom stereocenters. The molecule has 1 saturated heterocycles. The Kier molecular flexibility index (Phi) is 6.76. The lowest BCUT2D eigenvalue weighted by molar-refractivity contribution is -0.131. The van der Waals surface area contributed by atoms with Crippen LogP contribution >= 0.6 is 11.8 Å². The van der Waals surface area contributed by atoms with Crippen molar-refractivity contribution in [3.63, 3.8) is 0 Å². The van der Waals surface area contributed by atoms with Crippen LogP contribution in [0.1, 0.15) is 30.1 Å². The van der Waals surface area contributed by atoms with Gasteiger partial charge in [-0.15, -0.1) is 10.2 Å². The van der Waals surface area contributed by atoms with E-state index in [4.69, 9.17) is 13.9 Å². The molecule has 1 aliphatic heterocycles. The Morgan fingerprint density at radius 1 is 1.03 bits per heavy atom. The van der Waals surface area contributed by atoms with Gasteiger partial charge in [0.25, 0.3) is 11.1 Å². The average molecular weight is 440 g/mol. The lowest BCUT2D eigenvalue weighted by atomic mass is 10.1. The summed E-state index contributed by atoms with van der Waals surface area (Å²) in [6.45, 7) is 1.59. The molecular weight excluding hydrogens is 414 g/mol. The maximum Gasteiger partial charge on any atom is 0.277 e. The highest BCUT2D eigenvalue weighted by molar-refractivity contribution is 8.00. The summed E-state index contributed by atoms with van der Waals surface area (Å²) >= 11 is 1.28. The van der Waals surface area contributed by atoms with E-state index >= 15 is 0 Å². The lowest BCUT2D eigenvalue weighted by Crippen LogP contribution is -2.38. The van der Waals surface area contributed by atoms with Crippen molar-refractivity contribution in [3.8, 4) is 23.0 Å². The van der Waals surface area contributed by atoms with Crippen LogP contribution in [0.4, 0.5) is 0 Å². The van der Waals surface area contributed by atoms with Gasteiger partial charge >= 0.3 is 0 Å². The summed E-state index contributed by atoms with van der Waals surface area (Å²) < 4.78 is 16.6. The van der Waals surface area contributed by atoms with Crippen LogP contribution < -0.4 is 9.47 Å². The first-order valence-electron chi connectivity index (χ1n) is 10.3. The first-order valence-corrected chi connectivity index (χ1v) is 11.1. The number of likely N-dealkylation sites (tertiary alicyclic amines) is 1. The van der Waals surface area contributed by atoms with Gasteiger partial charge in [0.15, 0.2) is 0 Å². The zero-order chi connectivity index (χ0) is 21.6. The molecule has 0 bridgehead atoms. The molecule has 0 aliphatic carbocycles. The molecule has 0 saturated carbocycles. The molecule has 0 spiro atoms. The van der Waals surface area contributed by atoms with Gasteiger partial charge in [-0.05, 0) is 48.7 Å². The molecule has 8 heteroatoms. The Balaban J connectivity index is 1.60. The Labute approximate surface area is 185 Å². The van der Waals surface area contributed by atoms with E-state index in [1.165, 1.54) is 18.2 Å². The van der Waals surface area contributed by atoms with Gasteiger partial charge in [0, 0.05) is 19.2 Å². The minimum atomic E-state index is -0.439. The number of hydrogen-bond donors (Lipinski definition) is 0. The summed E-state index contributed by atoms with van der Waals surface area (Å²) in [7, 11) is 3.17. The number of amides is 1. The molecule has 0 radical (unpaired) electrons. The van der Waals surface area contributed by atoms with E-state index < -0.39 is 5.25 Å². The molecule has 1 aromatic heterocycles. The van der Waals surface area contributed by atoms with Crippen molar-refractivity contribution in [2.75, 3.05) is 27.3 Å². The second-order valence-electron chi connectivity index (χ2n) is 7.23. The smallest absolute Gasteiger partial charge is 0.277 e. The highest BCUT2D eigenvalue weighted by Gasteiger charge is 2.30. The summed E-state index contributed by atoms with van der Waals surface area (Å²) in [4.78, 5) is 15.3. The highest BCUT2D eigenvalue weighted by Crippen LogP contribution is 2.39. The molecule has 1 fully saturated rings. The van der Waals surface area contributed by atoms with E-state index in [1.54, 1.807) is 20.3 Å². The van der Waals surface area contributed by atoms with Gasteiger partial charge in [0.1, 0.15) is 16.7 Å². The van der Waals surface area contributed by atoms with Gasteiger partial charge in [0.05, 0.1) is 19.8 Å². The average Bonchev–Trinajstić information content (AvgIpc) is 3.31. The third-order valence-corrected chi connectivity index (χ3v) is 6.33. The van der Waals surface area contributed by atoms with Gasteiger partial charge in [0.2, 0.25) is 5.91 Å². The minimum absolute atomic E-state index is 0.0812. The van der Waals surface area contributed by atoms with Crippen molar-refractivity contribution in [3.05, 3.63) is 54.1 Å². The number of carbonyl (C=O) groups excluding carboxylic acids is 1. The van der Waals surface area contributed by atoms with Crippen LogP contribution in [0.25, 0.3) is 11.5 Å². The monoisotopic (exact) mass is 439 g/mol. The van der Waals surface area contributed by atoms with Crippen molar-refractivity contribution in [2.45, 2.75) is 29.7 Å². The Bertz CT molecular complexity index is 1020. The van der Waals surface area contributed by atoms with E-state index in [0.29, 0.717) is 28.2 Å². The first kappa shape index (κ1) is 21.2. The molecule has 0 N–H and O–H groups in total. The maximum atomic E-state index is 13.3. The summed E-state index contributed by atoms with van der Waals surface area (Å²) in [5.41, 5.74) is 1.59. The molecule has 162 valence electrons. The number of rotatable bonds is 7. The van der Waals surface area contributed by atoms with Crippen molar-refractivity contribution in [2.24, 2.45) is 0 Å². The van der Waals surface area contributed by atoms with Crippen LogP contribution in [0.3, 0.4) is 0 Å². The predicted molar refractivity (Wildman–Crippen MR) is 118 cm³/mol. The normalized spacial score (nSPS) is 14.8. The molecule has 0 unspecified atom stereocenters. The maximum absolute atomic E-state index is 13.3. The number of hydrogen-bond acceptors (Lipinski definition) is 7. The summed E-state index contributed by atoms with van der Waals surface area (Å²) in [6.07, 6.45) is 3.25. The number of aromatic nitrogens is 2. The largest absolute Gasteiger partial charge is 0.497 e. The molecule has 3 aromatic rings. The topological polar surface area (TPSA) is 77.7 Å². The van der Waals surface area contributed by atoms with Crippen molar-refractivity contribution >= 4 is 17.7 Å². The number of carbonyl (C=O) groups is 1. The molecule has 2 heterocycles. The Morgan fingerprint density at radius 2 is 1.81 bits per heavy atom. The number of methoxy groups -OCH3 is 2. The zero-order valence-corrected chi connectivity index (χ0v) is 18.4. The van der Waals surface area contributed by atoms with Crippen LogP contribution in [0.15, 0.2) is 58.2 Å². The first-order chi connectivity index (χ1) is 15.2. The number of piperidine rings is 1. The fourth-order valence-electron chi connectivity index (χ4n) is 3.61. The van der Waals surface area contributed by atoms with Crippen LogP contribution in [-0.4, -0.2) is 48.3 Å². The lowest BCUT2D eigenvalue weighted by Gasteiger charge is -2.29. The second-order valence-corrected chi connectivity index (χ2v) is 8.29.